The average Bonchev–Trinajstić information content (AvgIpc) is 3.32. The van der Waals surface area contributed by atoms with Gasteiger partial charge in [-0.2, -0.15) is 0 Å². The number of ketones is 2. The van der Waals surface area contributed by atoms with Gasteiger partial charge in [-0.3, -0.25) is 9.59 Å². The van der Waals surface area contributed by atoms with Gasteiger partial charge >= 0.3 is 0 Å². The minimum Gasteiger partial charge on any atom is -0.288 e. The van der Waals surface area contributed by atoms with Crippen molar-refractivity contribution in [3.8, 4) is 10.4 Å². The SMILES string of the molecule is Cc1ccc(Cl)c2c1C(=O)/C(=C/c1cc3sc(-c4ccccc4)cc3s1)C2=O. The van der Waals surface area contributed by atoms with Gasteiger partial charge in [-0.05, 0) is 42.3 Å². The highest BCUT2D eigenvalue weighted by Crippen LogP contribution is 2.40. The number of rotatable bonds is 2. The van der Waals surface area contributed by atoms with Gasteiger partial charge in [-0.15, -0.1) is 22.7 Å². The van der Waals surface area contributed by atoms with E-state index in [4.69, 9.17) is 11.6 Å². The molecular formula is C23H13ClO2S2. The quantitative estimate of drug-likeness (QED) is 0.257. The molecule has 0 N–H and O–H groups in total. The first kappa shape index (κ1) is 17.6. The molecule has 1 aliphatic rings. The monoisotopic (exact) mass is 420 g/mol. The standard InChI is InChI=1S/C23H13ClO2S2/c1-12-7-8-16(24)21-20(12)22(25)15(23(21)26)9-14-10-18-19(27-14)11-17(28-18)13-5-3-2-4-6-13/h2-11H,1H3/b15-9-. The molecule has 0 amide bonds. The van der Waals surface area contributed by atoms with Gasteiger partial charge in [-0.25, -0.2) is 0 Å². The molecule has 0 fully saturated rings. The lowest BCUT2D eigenvalue weighted by molar-refractivity contribution is 0.0990. The fourth-order valence-corrected chi connectivity index (χ4v) is 6.11. The van der Waals surface area contributed by atoms with E-state index in [-0.39, 0.29) is 17.1 Å². The first-order valence-electron chi connectivity index (χ1n) is 8.72. The summed E-state index contributed by atoms with van der Waals surface area (Å²) in [4.78, 5) is 27.8. The summed E-state index contributed by atoms with van der Waals surface area (Å²) in [7, 11) is 0. The van der Waals surface area contributed by atoms with Crippen LogP contribution in [0.2, 0.25) is 5.02 Å². The number of hydrogen-bond donors (Lipinski definition) is 0. The van der Waals surface area contributed by atoms with Crippen LogP contribution in [-0.4, -0.2) is 11.6 Å². The average molecular weight is 421 g/mol. The highest BCUT2D eigenvalue weighted by atomic mass is 35.5. The number of carbonyl (C=O) groups is 2. The Balaban J connectivity index is 1.55. The second-order valence-electron chi connectivity index (χ2n) is 6.68. The molecule has 2 heterocycles. The molecule has 5 rings (SSSR count). The molecule has 2 nitrogen and oxygen atoms in total. The molecule has 0 saturated carbocycles. The van der Waals surface area contributed by atoms with Crippen molar-refractivity contribution in [3.05, 3.63) is 86.8 Å². The Kier molecular flexibility index (Phi) is 4.09. The van der Waals surface area contributed by atoms with E-state index in [9.17, 15) is 9.59 Å². The molecule has 0 radical (unpaired) electrons. The molecule has 0 aliphatic heterocycles. The van der Waals surface area contributed by atoms with Crippen molar-refractivity contribution in [2.45, 2.75) is 6.92 Å². The Morgan fingerprint density at radius 3 is 2.29 bits per heavy atom. The molecular weight excluding hydrogens is 408 g/mol. The Bertz CT molecular complexity index is 1230. The van der Waals surface area contributed by atoms with Gasteiger partial charge in [0.05, 0.1) is 16.2 Å². The molecule has 1 aliphatic carbocycles. The maximum absolute atomic E-state index is 12.8. The maximum atomic E-state index is 12.8. The van der Waals surface area contributed by atoms with Crippen molar-refractivity contribution in [2.75, 3.05) is 0 Å². The van der Waals surface area contributed by atoms with Crippen molar-refractivity contribution in [1.29, 1.82) is 0 Å². The molecule has 0 saturated heterocycles. The Morgan fingerprint density at radius 1 is 0.857 bits per heavy atom. The Hall–Kier alpha value is -2.53. The number of fused-ring (bicyclic) bond motifs is 2. The minimum atomic E-state index is -0.282. The zero-order valence-corrected chi connectivity index (χ0v) is 17.2. The minimum absolute atomic E-state index is 0.198. The van der Waals surface area contributed by atoms with Crippen LogP contribution in [0.1, 0.15) is 31.2 Å². The fourth-order valence-electron chi connectivity index (χ4n) is 3.51. The predicted molar refractivity (Wildman–Crippen MR) is 118 cm³/mol. The van der Waals surface area contributed by atoms with Crippen LogP contribution < -0.4 is 0 Å². The molecule has 0 atom stereocenters. The zero-order chi connectivity index (χ0) is 19.4. The number of allylic oxidation sites excluding steroid dienone is 1. The summed E-state index contributed by atoms with van der Waals surface area (Å²) in [5.41, 5.74) is 2.94. The van der Waals surface area contributed by atoms with E-state index in [0.29, 0.717) is 16.1 Å². The normalized spacial score (nSPS) is 15.0. The molecule has 0 unspecified atom stereocenters. The number of Topliss-reactive ketones (excluding diaryl/α,β-unsaturated/α-hetero) is 2. The van der Waals surface area contributed by atoms with Crippen LogP contribution in [0.25, 0.3) is 25.9 Å². The summed E-state index contributed by atoms with van der Waals surface area (Å²) in [6.07, 6.45) is 1.71. The summed E-state index contributed by atoms with van der Waals surface area (Å²) in [5, 5.41) is 0.335. The van der Waals surface area contributed by atoms with E-state index < -0.39 is 0 Å². The van der Waals surface area contributed by atoms with Gasteiger partial charge in [-0.1, -0.05) is 48.0 Å². The molecule has 4 aromatic rings. The van der Waals surface area contributed by atoms with Crippen molar-refractivity contribution >= 4 is 61.3 Å². The second kappa shape index (κ2) is 6.52. The first-order chi connectivity index (χ1) is 13.5. The van der Waals surface area contributed by atoms with Crippen LogP contribution in [0.3, 0.4) is 0 Å². The van der Waals surface area contributed by atoms with Crippen LogP contribution in [-0.2, 0) is 0 Å². The smallest absolute Gasteiger partial charge is 0.199 e. The molecule has 0 spiro atoms. The van der Waals surface area contributed by atoms with Crippen LogP contribution in [0, 0.1) is 6.92 Å². The van der Waals surface area contributed by atoms with E-state index in [2.05, 4.69) is 18.2 Å². The molecule has 0 bridgehead atoms. The lowest BCUT2D eigenvalue weighted by Crippen LogP contribution is -2.00. The fraction of sp³-hybridized carbons (Fsp3) is 0.0435. The van der Waals surface area contributed by atoms with Gasteiger partial charge in [0.15, 0.2) is 11.6 Å². The summed E-state index contributed by atoms with van der Waals surface area (Å²) < 4.78 is 2.31. The molecule has 136 valence electrons. The van der Waals surface area contributed by atoms with Gasteiger partial charge in [0.25, 0.3) is 0 Å². The number of thiophene rings is 2. The van der Waals surface area contributed by atoms with E-state index in [1.54, 1.807) is 40.9 Å². The number of benzene rings is 2. The molecule has 28 heavy (non-hydrogen) atoms. The highest BCUT2D eigenvalue weighted by molar-refractivity contribution is 7.29. The summed E-state index contributed by atoms with van der Waals surface area (Å²) in [6.45, 7) is 1.83. The molecule has 2 aromatic carbocycles. The third-order valence-corrected chi connectivity index (χ3v) is 7.48. The van der Waals surface area contributed by atoms with Crippen molar-refractivity contribution < 1.29 is 9.59 Å². The third-order valence-electron chi connectivity index (χ3n) is 4.88. The van der Waals surface area contributed by atoms with Crippen LogP contribution in [0.4, 0.5) is 0 Å². The van der Waals surface area contributed by atoms with Crippen LogP contribution >= 0.6 is 34.3 Å². The van der Waals surface area contributed by atoms with Gasteiger partial charge in [0, 0.05) is 24.7 Å². The number of aryl methyl sites for hydroxylation is 1. The lowest BCUT2D eigenvalue weighted by Gasteiger charge is -2.01. The third kappa shape index (κ3) is 2.68. The van der Waals surface area contributed by atoms with Gasteiger partial charge < -0.3 is 0 Å². The number of halogens is 1. The van der Waals surface area contributed by atoms with E-state index in [1.807, 2.05) is 31.2 Å². The summed E-state index contributed by atoms with van der Waals surface area (Å²) >= 11 is 9.50. The zero-order valence-electron chi connectivity index (χ0n) is 14.8. The van der Waals surface area contributed by atoms with Crippen molar-refractivity contribution in [2.24, 2.45) is 0 Å². The Morgan fingerprint density at radius 2 is 1.57 bits per heavy atom. The first-order valence-corrected chi connectivity index (χ1v) is 10.7. The second-order valence-corrected chi connectivity index (χ2v) is 9.29. The van der Waals surface area contributed by atoms with E-state index in [1.165, 1.54) is 10.4 Å². The molecule has 5 heteroatoms. The highest BCUT2D eigenvalue weighted by Gasteiger charge is 2.36. The van der Waals surface area contributed by atoms with E-state index >= 15 is 0 Å². The maximum Gasteiger partial charge on any atom is 0.199 e. The lowest BCUT2D eigenvalue weighted by atomic mass is 10.0. The van der Waals surface area contributed by atoms with E-state index in [0.717, 1.165) is 19.8 Å². The topological polar surface area (TPSA) is 34.1 Å². The predicted octanol–water partition coefficient (Wildman–Crippen LogP) is 7.05. The molecule has 2 aromatic heterocycles. The van der Waals surface area contributed by atoms with Crippen molar-refractivity contribution in [3.63, 3.8) is 0 Å². The number of hydrogen-bond acceptors (Lipinski definition) is 4. The number of carbonyl (C=O) groups excluding carboxylic acids is 2. The summed E-state index contributed by atoms with van der Waals surface area (Å²) in [5.74, 6) is -0.517. The van der Waals surface area contributed by atoms with Crippen LogP contribution in [0.5, 0.6) is 0 Å². The van der Waals surface area contributed by atoms with Gasteiger partial charge in [0.2, 0.25) is 0 Å². The summed E-state index contributed by atoms with van der Waals surface area (Å²) in [6, 6.07) is 17.9. The Labute approximate surface area is 174 Å². The largest absolute Gasteiger partial charge is 0.288 e. The van der Waals surface area contributed by atoms with Crippen LogP contribution in [0.15, 0.2) is 60.2 Å². The van der Waals surface area contributed by atoms with Gasteiger partial charge in [0.1, 0.15) is 0 Å². The van der Waals surface area contributed by atoms with Crippen molar-refractivity contribution in [1.82, 2.24) is 0 Å².